The van der Waals surface area contributed by atoms with Crippen LogP contribution in [0.25, 0.3) is 0 Å². The number of likely N-dealkylation sites (tertiary alicyclic amines) is 1. The fourth-order valence-electron chi connectivity index (χ4n) is 3.07. The third-order valence-electron chi connectivity index (χ3n) is 4.53. The van der Waals surface area contributed by atoms with E-state index < -0.39 is 0 Å². The van der Waals surface area contributed by atoms with Gasteiger partial charge in [0.25, 0.3) is 0 Å². The second kappa shape index (κ2) is 11.4. The molecule has 0 saturated carbocycles. The first-order valence-corrected chi connectivity index (χ1v) is 9.34. The van der Waals surface area contributed by atoms with Crippen molar-refractivity contribution in [2.24, 2.45) is 5.92 Å². The van der Waals surface area contributed by atoms with Gasteiger partial charge in [0.2, 0.25) is 0 Å². The Labute approximate surface area is 161 Å². The topological polar surface area (TPSA) is 32.7 Å². The third-order valence-corrected chi connectivity index (χ3v) is 5.27. The zero-order chi connectivity index (χ0) is 16.7. The van der Waals surface area contributed by atoms with Crippen molar-refractivity contribution in [1.29, 1.82) is 0 Å². The molecular formula is C18H28Cl3NO2. The monoisotopic (exact) mass is 395 g/mol. The lowest BCUT2D eigenvalue weighted by Crippen LogP contribution is -2.44. The van der Waals surface area contributed by atoms with Crippen molar-refractivity contribution in [3.05, 3.63) is 28.2 Å². The lowest BCUT2D eigenvalue weighted by atomic mass is 9.91. The van der Waals surface area contributed by atoms with Crippen molar-refractivity contribution in [2.45, 2.75) is 45.1 Å². The summed E-state index contributed by atoms with van der Waals surface area (Å²) in [4.78, 5) is 2.39. The van der Waals surface area contributed by atoms with Crippen LogP contribution in [0.5, 0.6) is 5.75 Å². The molecule has 0 aromatic heterocycles. The summed E-state index contributed by atoms with van der Waals surface area (Å²) >= 11 is 11.9. The van der Waals surface area contributed by atoms with Crippen LogP contribution in [0, 0.1) is 5.92 Å². The Bertz CT molecular complexity index is 487. The molecule has 1 heterocycles. The number of ether oxygens (including phenoxy) is 1. The zero-order valence-corrected chi connectivity index (χ0v) is 16.5. The molecule has 2 atom stereocenters. The average molecular weight is 397 g/mol. The highest BCUT2D eigenvalue weighted by Crippen LogP contribution is 2.27. The van der Waals surface area contributed by atoms with Gasteiger partial charge in [-0.1, -0.05) is 43.0 Å². The third kappa shape index (κ3) is 6.97. The molecule has 1 N–H and O–H groups in total. The second-order valence-electron chi connectivity index (χ2n) is 6.34. The molecule has 0 bridgehead atoms. The fourth-order valence-corrected chi connectivity index (χ4v) is 3.35. The van der Waals surface area contributed by atoms with E-state index in [2.05, 4.69) is 11.8 Å². The molecule has 24 heavy (non-hydrogen) atoms. The van der Waals surface area contributed by atoms with Crippen LogP contribution in [-0.4, -0.2) is 42.4 Å². The number of aliphatic hydroxyl groups excluding tert-OH is 1. The Hall–Kier alpha value is -0.190. The molecule has 1 fully saturated rings. The first-order valence-electron chi connectivity index (χ1n) is 8.58. The highest BCUT2D eigenvalue weighted by atomic mass is 35.5. The minimum atomic E-state index is -0.247. The van der Waals surface area contributed by atoms with E-state index in [1.165, 1.54) is 19.3 Å². The van der Waals surface area contributed by atoms with Crippen LogP contribution < -0.4 is 4.74 Å². The lowest BCUT2D eigenvalue weighted by Gasteiger charge is -2.36. The summed E-state index contributed by atoms with van der Waals surface area (Å²) < 4.78 is 5.73. The van der Waals surface area contributed by atoms with Gasteiger partial charge in [-0.25, -0.2) is 0 Å². The van der Waals surface area contributed by atoms with Crippen molar-refractivity contribution < 1.29 is 9.84 Å². The first kappa shape index (κ1) is 21.9. The van der Waals surface area contributed by atoms with E-state index in [1.54, 1.807) is 12.1 Å². The van der Waals surface area contributed by atoms with Crippen LogP contribution in [0.15, 0.2) is 18.2 Å². The molecule has 1 aliphatic rings. The second-order valence-corrected chi connectivity index (χ2v) is 7.15. The van der Waals surface area contributed by atoms with E-state index in [-0.39, 0.29) is 18.5 Å². The molecule has 0 radical (unpaired) electrons. The molecule has 0 aliphatic carbocycles. The highest BCUT2D eigenvalue weighted by molar-refractivity contribution is 6.42. The van der Waals surface area contributed by atoms with Gasteiger partial charge in [-0.05, 0) is 50.4 Å². The minimum absolute atomic E-state index is 0. The highest BCUT2D eigenvalue weighted by Gasteiger charge is 2.27. The summed E-state index contributed by atoms with van der Waals surface area (Å²) in [5.74, 6) is 1.05. The number of nitrogens with zero attached hydrogens (tertiary/aromatic N) is 1. The SMILES string of the molecule is CCCCCN1CC[C@@H](CCOc2ccc(Cl)c(Cl)c2)[C@H](O)C1.Cl. The molecule has 2 rings (SSSR count). The molecule has 1 aromatic carbocycles. The van der Waals surface area contributed by atoms with Crippen molar-refractivity contribution in [3.8, 4) is 5.75 Å². The molecule has 138 valence electrons. The van der Waals surface area contributed by atoms with Crippen LogP contribution in [0.2, 0.25) is 10.0 Å². The molecule has 3 nitrogen and oxygen atoms in total. The predicted octanol–water partition coefficient (Wildman–Crippen LogP) is 5.06. The summed E-state index contributed by atoms with van der Waals surface area (Å²) in [5, 5.41) is 11.4. The maximum atomic E-state index is 10.3. The van der Waals surface area contributed by atoms with Gasteiger partial charge in [0.1, 0.15) is 5.75 Å². The number of benzene rings is 1. The van der Waals surface area contributed by atoms with Gasteiger partial charge < -0.3 is 14.7 Å². The fraction of sp³-hybridized carbons (Fsp3) is 0.667. The number of unbranched alkanes of at least 4 members (excludes halogenated alkanes) is 2. The average Bonchev–Trinajstić information content (AvgIpc) is 2.53. The summed E-state index contributed by atoms with van der Waals surface area (Å²) in [5.41, 5.74) is 0. The number of halogens is 3. The van der Waals surface area contributed by atoms with Crippen LogP contribution in [0.1, 0.15) is 39.0 Å². The summed E-state index contributed by atoms with van der Waals surface area (Å²) in [7, 11) is 0. The molecule has 1 aromatic rings. The van der Waals surface area contributed by atoms with Gasteiger partial charge in [-0.15, -0.1) is 12.4 Å². The lowest BCUT2D eigenvalue weighted by molar-refractivity contribution is 0.0129. The number of rotatable bonds is 8. The Balaban J connectivity index is 0.00000288. The maximum absolute atomic E-state index is 10.3. The Kier molecular flexibility index (Phi) is 10.4. The number of β-amino-alcohol motifs (C(OH)–C–C–N with tert-alkyl or cyclic N) is 1. The molecule has 1 aliphatic heterocycles. The standard InChI is InChI=1S/C18H27Cl2NO2.ClH/c1-2-3-4-9-21-10-7-14(18(22)13-21)8-11-23-15-5-6-16(19)17(20)12-15;/h5-6,12,14,18,22H,2-4,7-11,13H2,1H3;1H/t14-,18+;/m0./s1. The smallest absolute Gasteiger partial charge is 0.120 e. The van der Waals surface area contributed by atoms with Crippen LogP contribution in [0.3, 0.4) is 0 Å². The predicted molar refractivity (Wildman–Crippen MR) is 104 cm³/mol. The van der Waals surface area contributed by atoms with Crippen molar-refractivity contribution in [1.82, 2.24) is 4.90 Å². The Morgan fingerprint density at radius 2 is 2.04 bits per heavy atom. The Morgan fingerprint density at radius 3 is 2.71 bits per heavy atom. The zero-order valence-electron chi connectivity index (χ0n) is 14.2. The number of hydrogen-bond donors (Lipinski definition) is 1. The molecule has 0 amide bonds. The van der Waals surface area contributed by atoms with Crippen LogP contribution >= 0.6 is 35.6 Å². The van der Waals surface area contributed by atoms with Gasteiger partial charge in [-0.3, -0.25) is 0 Å². The summed E-state index contributed by atoms with van der Waals surface area (Å²) in [6.07, 6.45) is 5.40. The van der Waals surface area contributed by atoms with Gasteiger partial charge >= 0.3 is 0 Å². The van der Waals surface area contributed by atoms with E-state index in [0.29, 0.717) is 22.6 Å². The number of piperidine rings is 1. The van der Waals surface area contributed by atoms with E-state index in [1.807, 2.05) is 6.07 Å². The largest absolute Gasteiger partial charge is 0.494 e. The normalized spacial score (nSPS) is 21.3. The molecule has 0 spiro atoms. The quantitative estimate of drug-likeness (QED) is 0.624. The number of hydrogen-bond acceptors (Lipinski definition) is 3. The van der Waals surface area contributed by atoms with Crippen molar-refractivity contribution >= 4 is 35.6 Å². The van der Waals surface area contributed by atoms with E-state index in [0.717, 1.165) is 38.2 Å². The van der Waals surface area contributed by atoms with Crippen LogP contribution in [0.4, 0.5) is 0 Å². The van der Waals surface area contributed by atoms with Crippen molar-refractivity contribution in [3.63, 3.8) is 0 Å². The molecule has 1 saturated heterocycles. The van der Waals surface area contributed by atoms with Crippen LogP contribution in [-0.2, 0) is 0 Å². The first-order chi connectivity index (χ1) is 11.1. The minimum Gasteiger partial charge on any atom is -0.494 e. The Morgan fingerprint density at radius 1 is 1.25 bits per heavy atom. The van der Waals surface area contributed by atoms with Gasteiger partial charge in [-0.2, -0.15) is 0 Å². The van der Waals surface area contributed by atoms with E-state index in [9.17, 15) is 5.11 Å². The van der Waals surface area contributed by atoms with Gasteiger partial charge in [0, 0.05) is 12.6 Å². The molecule has 0 unspecified atom stereocenters. The van der Waals surface area contributed by atoms with Gasteiger partial charge in [0.15, 0.2) is 0 Å². The molecular weight excluding hydrogens is 369 g/mol. The van der Waals surface area contributed by atoms with E-state index in [4.69, 9.17) is 27.9 Å². The number of aliphatic hydroxyl groups is 1. The molecule has 6 heteroatoms. The van der Waals surface area contributed by atoms with Gasteiger partial charge in [0.05, 0.1) is 22.8 Å². The summed E-state index contributed by atoms with van der Waals surface area (Å²) in [6.45, 7) is 5.79. The summed E-state index contributed by atoms with van der Waals surface area (Å²) in [6, 6.07) is 5.29. The van der Waals surface area contributed by atoms with E-state index >= 15 is 0 Å². The maximum Gasteiger partial charge on any atom is 0.120 e. The van der Waals surface area contributed by atoms with Crippen molar-refractivity contribution in [2.75, 3.05) is 26.2 Å².